The van der Waals surface area contributed by atoms with E-state index in [1.54, 1.807) is 6.07 Å². The van der Waals surface area contributed by atoms with E-state index in [1.807, 2.05) is 18.2 Å². The third kappa shape index (κ3) is 1.56. The molecule has 0 spiro atoms. The molecule has 2 unspecified atom stereocenters. The Morgan fingerprint density at radius 3 is 2.86 bits per heavy atom. The number of hydrogen-bond donors (Lipinski definition) is 1. The van der Waals surface area contributed by atoms with Gasteiger partial charge in [-0.05, 0) is 17.7 Å². The van der Waals surface area contributed by atoms with Crippen LogP contribution in [0.3, 0.4) is 0 Å². The molecule has 0 amide bonds. The predicted molar refractivity (Wildman–Crippen MR) is 54.4 cm³/mol. The number of benzene rings is 1. The largest absolute Gasteiger partial charge is 0.396 e. The average molecular weight is 211 g/mol. The highest BCUT2D eigenvalue weighted by Crippen LogP contribution is 2.39. The zero-order valence-electron chi connectivity index (χ0n) is 7.61. The molecular formula is C11H11ClO2. The summed E-state index contributed by atoms with van der Waals surface area (Å²) in [6, 6.07) is 7.49. The molecule has 74 valence electrons. The molecule has 1 aliphatic carbocycles. The minimum absolute atomic E-state index is 0.0595. The van der Waals surface area contributed by atoms with E-state index in [1.165, 1.54) is 0 Å². The van der Waals surface area contributed by atoms with Crippen molar-refractivity contribution in [1.82, 2.24) is 0 Å². The number of halogens is 1. The third-order valence-electron chi connectivity index (χ3n) is 2.79. The van der Waals surface area contributed by atoms with Crippen LogP contribution in [0.1, 0.15) is 17.9 Å². The molecule has 2 atom stereocenters. The van der Waals surface area contributed by atoms with Crippen LogP contribution in [0.25, 0.3) is 0 Å². The van der Waals surface area contributed by atoms with Gasteiger partial charge in [-0.1, -0.05) is 23.7 Å². The second kappa shape index (κ2) is 3.71. The fraction of sp³-hybridized carbons (Fsp3) is 0.364. The molecule has 0 radical (unpaired) electrons. The summed E-state index contributed by atoms with van der Waals surface area (Å²) in [5.74, 6) is 0.0946. The summed E-state index contributed by atoms with van der Waals surface area (Å²) < 4.78 is 0. The molecule has 2 nitrogen and oxygen atoms in total. The molecule has 0 saturated heterocycles. The molecule has 1 aliphatic rings. The summed E-state index contributed by atoms with van der Waals surface area (Å²) in [7, 11) is 0. The zero-order chi connectivity index (χ0) is 10.1. The fourth-order valence-corrected chi connectivity index (χ4v) is 2.09. The number of ketones is 1. The van der Waals surface area contributed by atoms with Gasteiger partial charge in [-0.15, -0.1) is 0 Å². The van der Waals surface area contributed by atoms with Crippen molar-refractivity contribution in [3.63, 3.8) is 0 Å². The van der Waals surface area contributed by atoms with Gasteiger partial charge in [0.05, 0.1) is 6.61 Å². The minimum Gasteiger partial charge on any atom is -0.396 e. The van der Waals surface area contributed by atoms with Gasteiger partial charge in [0.25, 0.3) is 0 Å². The van der Waals surface area contributed by atoms with Crippen LogP contribution in [0.5, 0.6) is 0 Å². The van der Waals surface area contributed by atoms with Gasteiger partial charge in [0.15, 0.2) is 0 Å². The number of aliphatic hydroxyl groups is 1. The van der Waals surface area contributed by atoms with E-state index in [0.717, 1.165) is 5.56 Å². The van der Waals surface area contributed by atoms with E-state index in [9.17, 15) is 4.79 Å². The lowest BCUT2D eigenvalue weighted by molar-refractivity contribution is -0.132. The first kappa shape index (κ1) is 9.69. The van der Waals surface area contributed by atoms with Crippen molar-refractivity contribution in [2.75, 3.05) is 6.61 Å². The number of carbonyl (C=O) groups is 1. The number of aliphatic hydroxyl groups excluding tert-OH is 1. The molecule has 3 heteroatoms. The summed E-state index contributed by atoms with van der Waals surface area (Å²) in [6.07, 6.45) is 0.533. The second-order valence-electron chi connectivity index (χ2n) is 3.62. The first-order chi connectivity index (χ1) is 6.72. The lowest BCUT2D eigenvalue weighted by Gasteiger charge is -2.34. The van der Waals surface area contributed by atoms with E-state index in [2.05, 4.69) is 0 Å². The van der Waals surface area contributed by atoms with E-state index in [0.29, 0.717) is 11.4 Å². The first-order valence-corrected chi connectivity index (χ1v) is 4.99. The lowest BCUT2D eigenvalue weighted by Crippen LogP contribution is -2.37. The number of carbonyl (C=O) groups excluding carboxylic acids is 1. The Labute approximate surface area is 87.5 Å². The molecule has 14 heavy (non-hydrogen) atoms. The zero-order valence-corrected chi connectivity index (χ0v) is 8.37. The quantitative estimate of drug-likeness (QED) is 0.811. The monoisotopic (exact) mass is 210 g/mol. The van der Waals surface area contributed by atoms with Crippen molar-refractivity contribution < 1.29 is 9.90 Å². The van der Waals surface area contributed by atoms with Crippen LogP contribution in [0.2, 0.25) is 5.02 Å². The van der Waals surface area contributed by atoms with Gasteiger partial charge in [0, 0.05) is 23.3 Å². The molecule has 1 fully saturated rings. The molecule has 1 N–H and O–H groups in total. The Morgan fingerprint density at radius 2 is 2.29 bits per heavy atom. The Balaban J connectivity index is 2.20. The number of hydrogen-bond acceptors (Lipinski definition) is 2. The maximum absolute atomic E-state index is 11.1. The standard InChI is InChI=1S/C11H11ClO2/c12-8-3-1-2-7(4-8)9-5-11(14)10(9)6-13/h1-4,9-10,13H,5-6H2. The Kier molecular flexibility index (Phi) is 2.57. The van der Waals surface area contributed by atoms with Crippen LogP contribution in [-0.4, -0.2) is 17.5 Å². The Morgan fingerprint density at radius 1 is 1.50 bits per heavy atom. The van der Waals surface area contributed by atoms with Crippen molar-refractivity contribution in [3.05, 3.63) is 34.9 Å². The van der Waals surface area contributed by atoms with E-state index >= 15 is 0 Å². The molecule has 0 bridgehead atoms. The summed E-state index contributed by atoms with van der Waals surface area (Å²) >= 11 is 5.85. The smallest absolute Gasteiger partial charge is 0.139 e. The van der Waals surface area contributed by atoms with E-state index in [4.69, 9.17) is 16.7 Å². The highest BCUT2D eigenvalue weighted by atomic mass is 35.5. The van der Waals surface area contributed by atoms with Gasteiger partial charge in [0.1, 0.15) is 5.78 Å². The lowest BCUT2D eigenvalue weighted by atomic mass is 9.69. The highest BCUT2D eigenvalue weighted by molar-refractivity contribution is 6.30. The summed E-state index contributed by atoms with van der Waals surface area (Å²) in [6.45, 7) is -0.0595. The van der Waals surface area contributed by atoms with Crippen molar-refractivity contribution in [2.24, 2.45) is 5.92 Å². The Hall–Kier alpha value is -0.860. The molecule has 0 heterocycles. The van der Waals surface area contributed by atoms with Crippen LogP contribution in [0.4, 0.5) is 0 Å². The van der Waals surface area contributed by atoms with Gasteiger partial charge in [-0.2, -0.15) is 0 Å². The number of rotatable bonds is 2. The summed E-state index contributed by atoms with van der Waals surface area (Å²) in [5, 5.41) is 9.68. The van der Waals surface area contributed by atoms with E-state index in [-0.39, 0.29) is 24.2 Å². The average Bonchev–Trinajstić information content (AvgIpc) is 2.14. The van der Waals surface area contributed by atoms with Gasteiger partial charge < -0.3 is 5.11 Å². The molecule has 0 aromatic heterocycles. The van der Waals surface area contributed by atoms with Crippen molar-refractivity contribution >= 4 is 17.4 Å². The third-order valence-corrected chi connectivity index (χ3v) is 3.03. The van der Waals surface area contributed by atoms with Crippen LogP contribution in [0, 0.1) is 5.92 Å². The molecule has 0 aliphatic heterocycles. The van der Waals surface area contributed by atoms with Crippen molar-refractivity contribution in [2.45, 2.75) is 12.3 Å². The summed E-state index contributed by atoms with van der Waals surface area (Å²) in [5.41, 5.74) is 1.05. The molecule has 1 aromatic rings. The summed E-state index contributed by atoms with van der Waals surface area (Å²) in [4.78, 5) is 11.1. The van der Waals surface area contributed by atoms with E-state index < -0.39 is 0 Å². The topological polar surface area (TPSA) is 37.3 Å². The van der Waals surface area contributed by atoms with Crippen LogP contribution >= 0.6 is 11.6 Å². The molecule has 2 rings (SSSR count). The van der Waals surface area contributed by atoms with Crippen LogP contribution < -0.4 is 0 Å². The van der Waals surface area contributed by atoms with Gasteiger partial charge in [-0.3, -0.25) is 4.79 Å². The predicted octanol–water partition coefficient (Wildman–Crippen LogP) is 2.00. The van der Waals surface area contributed by atoms with Crippen molar-refractivity contribution in [3.8, 4) is 0 Å². The van der Waals surface area contributed by atoms with Crippen LogP contribution in [0.15, 0.2) is 24.3 Å². The van der Waals surface area contributed by atoms with Gasteiger partial charge in [0.2, 0.25) is 0 Å². The normalized spacial score (nSPS) is 26.0. The first-order valence-electron chi connectivity index (χ1n) is 4.61. The SMILES string of the molecule is O=C1CC(c2cccc(Cl)c2)C1CO. The maximum Gasteiger partial charge on any atom is 0.139 e. The molecule has 1 saturated carbocycles. The van der Waals surface area contributed by atoms with Gasteiger partial charge in [-0.25, -0.2) is 0 Å². The maximum atomic E-state index is 11.1. The molecule has 1 aromatic carbocycles. The Bertz CT molecular complexity index is 362. The highest BCUT2D eigenvalue weighted by Gasteiger charge is 2.39. The second-order valence-corrected chi connectivity index (χ2v) is 4.06. The minimum atomic E-state index is -0.214. The number of Topliss-reactive ketones (excluding diaryl/α,β-unsaturated/α-hetero) is 1. The molecular weight excluding hydrogens is 200 g/mol. The fourth-order valence-electron chi connectivity index (χ4n) is 1.89. The van der Waals surface area contributed by atoms with Crippen LogP contribution in [-0.2, 0) is 4.79 Å². The van der Waals surface area contributed by atoms with Gasteiger partial charge >= 0.3 is 0 Å². The van der Waals surface area contributed by atoms with Crippen molar-refractivity contribution in [1.29, 1.82) is 0 Å².